The molecule has 1 aliphatic rings. The highest BCUT2D eigenvalue weighted by atomic mass is 32.2. The van der Waals surface area contributed by atoms with E-state index in [0.717, 1.165) is 29.7 Å². The van der Waals surface area contributed by atoms with Crippen LogP contribution >= 0.6 is 0 Å². The number of hydrogen-bond acceptors (Lipinski definition) is 5. The van der Waals surface area contributed by atoms with Crippen molar-refractivity contribution in [1.82, 2.24) is 9.88 Å². The number of likely N-dealkylation sites (N-methyl/N-ethyl adjacent to an activating group) is 1. The maximum Gasteiger partial charge on any atom is 0.262 e. The summed E-state index contributed by atoms with van der Waals surface area (Å²) in [6.45, 7) is 1.69. The van der Waals surface area contributed by atoms with E-state index in [-0.39, 0.29) is 0 Å². The molecule has 0 spiro atoms. The lowest BCUT2D eigenvalue weighted by Crippen LogP contribution is -2.21. The van der Waals surface area contributed by atoms with E-state index in [0.29, 0.717) is 21.7 Å². The van der Waals surface area contributed by atoms with E-state index in [2.05, 4.69) is 19.9 Å². The third kappa shape index (κ3) is 2.79. The predicted molar refractivity (Wildman–Crippen MR) is 105 cm³/mol. The van der Waals surface area contributed by atoms with Crippen LogP contribution in [0.25, 0.3) is 22.0 Å². The van der Waals surface area contributed by atoms with Gasteiger partial charge < -0.3 is 10.2 Å². The van der Waals surface area contributed by atoms with E-state index < -0.39 is 10.0 Å². The van der Waals surface area contributed by atoms with Gasteiger partial charge in [-0.25, -0.2) is 8.42 Å². The van der Waals surface area contributed by atoms with Gasteiger partial charge in [0.05, 0.1) is 16.1 Å². The minimum absolute atomic E-state index is 0.298. The number of benzene rings is 2. The topological polar surface area (TPSA) is 74.3 Å². The molecule has 0 amide bonds. The van der Waals surface area contributed by atoms with Crippen molar-refractivity contribution in [2.24, 2.45) is 0 Å². The summed E-state index contributed by atoms with van der Waals surface area (Å²) in [5.41, 5.74) is 3.68. The third-order valence-corrected chi connectivity index (χ3v) is 5.90. The highest BCUT2D eigenvalue weighted by Gasteiger charge is 2.28. The van der Waals surface area contributed by atoms with E-state index in [1.54, 1.807) is 18.3 Å². The van der Waals surface area contributed by atoms with Gasteiger partial charge in [-0.15, -0.1) is 0 Å². The van der Waals surface area contributed by atoms with Crippen molar-refractivity contribution in [3.8, 4) is 11.1 Å². The highest BCUT2D eigenvalue weighted by molar-refractivity contribution is 7.93. The molecule has 0 saturated carbocycles. The summed E-state index contributed by atoms with van der Waals surface area (Å²) in [6, 6.07) is 12.9. The number of rotatable bonds is 4. The molecule has 0 bridgehead atoms. The van der Waals surface area contributed by atoms with Crippen LogP contribution in [0, 0.1) is 0 Å². The minimum atomic E-state index is -3.61. The summed E-state index contributed by atoms with van der Waals surface area (Å²) in [6.07, 6.45) is 1.70. The molecule has 2 heterocycles. The SMILES string of the molecule is CN(C)CCNc1ccnc2c3c(ccc12)-c1ccccc1S(=O)(=O)N3. The van der Waals surface area contributed by atoms with Crippen LogP contribution in [0.1, 0.15) is 0 Å². The first-order valence-corrected chi connectivity index (χ1v) is 9.88. The van der Waals surface area contributed by atoms with Crippen molar-refractivity contribution in [2.75, 3.05) is 37.2 Å². The fraction of sp³-hybridized carbons (Fsp3) is 0.211. The monoisotopic (exact) mass is 368 g/mol. The molecule has 7 heteroatoms. The van der Waals surface area contributed by atoms with Crippen molar-refractivity contribution in [2.45, 2.75) is 4.90 Å². The first-order valence-electron chi connectivity index (χ1n) is 8.40. The predicted octanol–water partition coefficient (Wildman–Crippen LogP) is 2.99. The van der Waals surface area contributed by atoms with Gasteiger partial charge >= 0.3 is 0 Å². The first kappa shape index (κ1) is 16.8. The lowest BCUT2D eigenvalue weighted by molar-refractivity contribution is 0.425. The molecule has 1 aliphatic heterocycles. The largest absolute Gasteiger partial charge is 0.383 e. The average Bonchev–Trinajstić information content (AvgIpc) is 2.61. The van der Waals surface area contributed by atoms with Crippen molar-refractivity contribution in [3.63, 3.8) is 0 Å². The smallest absolute Gasteiger partial charge is 0.262 e. The molecule has 0 unspecified atom stereocenters. The van der Waals surface area contributed by atoms with Crippen molar-refractivity contribution < 1.29 is 8.42 Å². The van der Waals surface area contributed by atoms with Crippen LogP contribution in [-0.2, 0) is 10.0 Å². The summed E-state index contributed by atoms with van der Waals surface area (Å²) < 4.78 is 28.0. The van der Waals surface area contributed by atoms with Gasteiger partial charge in [-0.1, -0.05) is 24.3 Å². The molecule has 3 aromatic rings. The normalized spacial score (nSPS) is 14.6. The molecule has 2 N–H and O–H groups in total. The number of hydrogen-bond donors (Lipinski definition) is 2. The van der Waals surface area contributed by atoms with Crippen LogP contribution in [0.5, 0.6) is 0 Å². The molecule has 134 valence electrons. The summed E-state index contributed by atoms with van der Waals surface area (Å²) in [7, 11) is 0.440. The second kappa shape index (κ2) is 6.26. The van der Waals surface area contributed by atoms with Gasteiger partial charge in [0.1, 0.15) is 0 Å². The van der Waals surface area contributed by atoms with Gasteiger partial charge in [0.2, 0.25) is 0 Å². The highest BCUT2D eigenvalue weighted by Crippen LogP contribution is 2.43. The molecule has 0 fully saturated rings. The van der Waals surface area contributed by atoms with Crippen molar-refractivity contribution in [1.29, 1.82) is 0 Å². The Morgan fingerprint density at radius 3 is 2.69 bits per heavy atom. The number of aromatic nitrogens is 1. The number of fused-ring (bicyclic) bond motifs is 5. The summed E-state index contributed by atoms with van der Waals surface area (Å²) >= 11 is 0. The summed E-state index contributed by atoms with van der Waals surface area (Å²) in [5.74, 6) is 0. The zero-order valence-electron chi connectivity index (χ0n) is 14.7. The van der Waals surface area contributed by atoms with Crippen LogP contribution in [0.15, 0.2) is 53.6 Å². The van der Waals surface area contributed by atoms with E-state index in [1.165, 1.54) is 0 Å². The van der Waals surface area contributed by atoms with Crippen molar-refractivity contribution in [3.05, 3.63) is 48.7 Å². The Bertz CT molecular complexity index is 1090. The van der Waals surface area contributed by atoms with Crippen LogP contribution in [0.4, 0.5) is 11.4 Å². The second-order valence-corrected chi connectivity index (χ2v) is 8.23. The van der Waals surface area contributed by atoms with Gasteiger partial charge in [0.15, 0.2) is 0 Å². The van der Waals surface area contributed by atoms with Gasteiger partial charge in [-0.2, -0.15) is 0 Å². The van der Waals surface area contributed by atoms with Gasteiger partial charge in [0, 0.05) is 41.5 Å². The molecule has 6 nitrogen and oxygen atoms in total. The number of anilines is 2. The van der Waals surface area contributed by atoms with Crippen LogP contribution in [-0.4, -0.2) is 45.5 Å². The summed E-state index contributed by atoms with van der Waals surface area (Å²) in [4.78, 5) is 6.86. The number of nitrogens with one attached hydrogen (secondary N) is 2. The number of pyridine rings is 1. The van der Waals surface area contributed by atoms with E-state index in [1.807, 2.05) is 44.4 Å². The molecule has 0 radical (unpaired) electrons. The molecular weight excluding hydrogens is 348 g/mol. The summed E-state index contributed by atoms with van der Waals surface area (Å²) in [5, 5.41) is 4.30. The minimum Gasteiger partial charge on any atom is -0.383 e. The maximum atomic E-state index is 12.7. The van der Waals surface area contributed by atoms with Crippen molar-refractivity contribution >= 4 is 32.3 Å². The molecule has 2 aromatic carbocycles. The Morgan fingerprint density at radius 1 is 1.08 bits per heavy atom. The Balaban J connectivity index is 1.86. The Hall–Kier alpha value is -2.64. The Labute approximate surface area is 152 Å². The molecule has 4 rings (SSSR count). The molecular formula is C19H20N4O2S. The van der Waals surface area contributed by atoms with Gasteiger partial charge in [-0.3, -0.25) is 9.71 Å². The Morgan fingerprint density at radius 2 is 1.88 bits per heavy atom. The second-order valence-electron chi connectivity index (χ2n) is 6.57. The van der Waals surface area contributed by atoms with Crippen LogP contribution in [0.2, 0.25) is 0 Å². The molecule has 0 atom stereocenters. The fourth-order valence-corrected chi connectivity index (χ4v) is 4.54. The molecule has 0 aliphatic carbocycles. The fourth-order valence-electron chi connectivity index (χ4n) is 3.23. The van der Waals surface area contributed by atoms with E-state index in [9.17, 15) is 8.42 Å². The van der Waals surface area contributed by atoms with Crippen LogP contribution in [0.3, 0.4) is 0 Å². The Kier molecular flexibility index (Phi) is 4.05. The zero-order valence-corrected chi connectivity index (χ0v) is 15.5. The first-order chi connectivity index (χ1) is 12.5. The number of sulfonamides is 1. The maximum absolute atomic E-state index is 12.7. The lowest BCUT2D eigenvalue weighted by Gasteiger charge is -2.23. The van der Waals surface area contributed by atoms with E-state index in [4.69, 9.17) is 0 Å². The zero-order chi connectivity index (χ0) is 18.3. The quantitative estimate of drug-likeness (QED) is 0.741. The van der Waals surface area contributed by atoms with Gasteiger partial charge in [0.25, 0.3) is 10.0 Å². The van der Waals surface area contributed by atoms with Crippen LogP contribution < -0.4 is 10.0 Å². The number of nitrogens with zero attached hydrogens (tertiary/aromatic N) is 2. The molecule has 1 aromatic heterocycles. The standard InChI is InChI=1S/C19H20N4O2S/c1-23(2)12-11-20-16-9-10-21-18-15(16)8-7-14-13-5-3-4-6-17(13)26(24,25)22-19(14)18/h3-10,22H,11-12H2,1-2H3,(H,20,21). The average molecular weight is 368 g/mol. The third-order valence-electron chi connectivity index (χ3n) is 4.49. The van der Waals surface area contributed by atoms with Gasteiger partial charge in [-0.05, 0) is 32.3 Å². The molecule has 26 heavy (non-hydrogen) atoms. The van der Waals surface area contributed by atoms with E-state index >= 15 is 0 Å². The lowest BCUT2D eigenvalue weighted by atomic mass is 10.0. The molecule has 0 saturated heterocycles.